The quantitative estimate of drug-likeness (QED) is 0.444. The van der Waals surface area contributed by atoms with Gasteiger partial charge in [0.2, 0.25) is 0 Å². The summed E-state index contributed by atoms with van der Waals surface area (Å²) in [6.45, 7) is 3.19. The Hall–Kier alpha value is -1.82. The molecule has 6 heteroatoms. The molecule has 1 atom stereocenters. The lowest BCUT2D eigenvalue weighted by atomic mass is 10.1. The van der Waals surface area contributed by atoms with E-state index in [4.69, 9.17) is 21.3 Å². The van der Waals surface area contributed by atoms with Gasteiger partial charge in [-0.3, -0.25) is 4.79 Å². The Morgan fingerprint density at radius 3 is 2.68 bits per heavy atom. The minimum Gasteiger partial charge on any atom is -0.383 e. The Morgan fingerprint density at radius 2 is 1.96 bits per heavy atom. The van der Waals surface area contributed by atoms with E-state index in [1.165, 1.54) is 11.8 Å². The van der Waals surface area contributed by atoms with Crippen molar-refractivity contribution < 1.29 is 9.53 Å². The number of nitrogens with zero attached hydrogens (tertiary/aromatic N) is 2. The molecule has 2 aromatic carbocycles. The maximum atomic E-state index is 12.7. The normalized spacial score (nSPS) is 12.4. The van der Waals surface area contributed by atoms with E-state index in [2.05, 4.69) is 4.57 Å². The number of rotatable bonds is 7. The number of ether oxygens (including phenoxy) is 1. The lowest BCUT2D eigenvalue weighted by Crippen LogP contribution is -2.15. The number of aromatic nitrogens is 2. The molecule has 0 radical (unpaired) electrons. The van der Waals surface area contributed by atoms with Gasteiger partial charge in [-0.2, -0.15) is 0 Å². The maximum Gasteiger partial charge on any atom is 0.175 e. The predicted molar refractivity (Wildman–Crippen MR) is 103 cm³/mol. The first-order chi connectivity index (χ1) is 12.1. The molecule has 1 heterocycles. The summed E-state index contributed by atoms with van der Waals surface area (Å²) in [5.41, 5.74) is 2.63. The molecule has 0 bridgehead atoms. The van der Waals surface area contributed by atoms with E-state index in [0.29, 0.717) is 23.7 Å². The zero-order valence-electron chi connectivity index (χ0n) is 14.1. The number of methoxy groups -OCH3 is 1. The zero-order chi connectivity index (χ0) is 17.8. The molecule has 1 aromatic heterocycles. The third-order valence-corrected chi connectivity index (χ3v) is 5.26. The first-order valence-electron chi connectivity index (χ1n) is 8.01. The van der Waals surface area contributed by atoms with Gasteiger partial charge in [0.1, 0.15) is 0 Å². The number of halogens is 1. The van der Waals surface area contributed by atoms with E-state index in [0.717, 1.165) is 16.2 Å². The van der Waals surface area contributed by atoms with Crippen molar-refractivity contribution >= 4 is 40.2 Å². The van der Waals surface area contributed by atoms with Crippen LogP contribution < -0.4 is 0 Å². The van der Waals surface area contributed by atoms with Gasteiger partial charge >= 0.3 is 0 Å². The van der Waals surface area contributed by atoms with Crippen LogP contribution in [-0.2, 0) is 11.3 Å². The number of benzene rings is 2. The smallest absolute Gasteiger partial charge is 0.175 e. The molecule has 0 saturated heterocycles. The van der Waals surface area contributed by atoms with Crippen molar-refractivity contribution in [3.8, 4) is 0 Å². The molecular formula is C19H19ClN2O2S. The molecule has 25 heavy (non-hydrogen) atoms. The molecule has 0 N–H and O–H groups in total. The molecule has 0 aliphatic rings. The van der Waals surface area contributed by atoms with Gasteiger partial charge in [0.05, 0.1) is 22.9 Å². The van der Waals surface area contributed by atoms with Gasteiger partial charge in [-0.15, -0.1) is 0 Å². The lowest BCUT2D eigenvalue weighted by Gasteiger charge is -2.12. The molecule has 0 fully saturated rings. The summed E-state index contributed by atoms with van der Waals surface area (Å²) in [6.07, 6.45) is 0. The first-order valence-corrected chi connectivity index (χ1v) is 9.26. The van der Waals surface area contributed by atoms with Crippen LogP contribution in [0.3, 0.4) is 0 Å². The van der Waals surface area contributed by atoms with E-state index in [1.807, 2.05) is 31.2 Å². The molecule has 3 rings (SSSR count). The summed E-state index contributed by atoms with van der Waals surface area (Å²) in [7, 11) is 1.68. The third-order valence-electron chi connectivity index (χ3n) is 3.92. The Balaban J connectivity index is 1.86. The van der Waals surface area contributed by atoms with Crippen LogP contribution >= 0.6 is 23.4 Å². The van der Waals surface area contributed by atoms with E-state index in [9.17, 15) is 4.79 Å². The van der Waals surface area contributed by atoms with Crippen LogP contribution in [0.25, 0.3) is 11.0 Å². The summed E-state index contributed by atoms with van der Waals surface area (Å²) in [5.74, 6) is 0.0621. The summed E-state index contributed by atoms with van der Waals surface area (Å²) in [5, 5.41) is 1.20. The minimum absolute atomic E-state index is 0.0621. The third kappa shape index (κ3) is 4.06. The van der Waals surface area contributed by atoms with Gasteiger partial charge in [0.25, 0.3) is 0 Å². The Morgan fingerprint density at radius 1 is 1.24 bits per heavy atom. The van der Waals surface area contributed by atoms with Gasteiger partial charge in [0, 0.05) is 24.2 Å². The summed E-state index contributed by atoms with van der Waals surface area (Å²) in [4.78, 5) is 17.4. The summed E-state index contributed by atoms with van der Waals surface area (Å²) >= 11 is 7.37. The number of carbonyl (C=O) groups is 1. The van der Waals surface area contributed by atoms with Crippen LogP contribution in [0.5, 0.6) is 0 Å². The van der Waals surface area contributed by atoms with Gasteiger partial charge in [-0.1, -0.05) is 35.5 Å². The van der Waals surface area contributed by atoms with Crippen molar-refractivity contribution in [2.75, 3.05) is 13.7 Å². The SMILES string of the molecule is COCCn1c(SC(C)C(=O)c2ccc(Cl)cc2)nc2ccccc21. The highest BCUT2D eigenvalue weighted by Gasteiger charge is 2.20. The maximum absolute atomic E-state index is 12.7. The number of imidazole rings is 1. The fraction of sp³-hybridized carbons (Fsp3) is 0.263. The van der Waals surface area contributed by atoms with E-state index in [1.54, 1.807) is 31.4 Å². The van der Waals surface area contributed by atoms with Crippen LogP contribution in [0, 0.1) is 0 Å². The standard InChI is InChI=1S/C19H19ClN2O2S/c1-13(18(23)14-7-9-15(20)10-8-14)25-19-21-16-5-3-4-6-17(16)22(19)11-12-24-2/h3-10,13H,11-12H2,1-2H3. The molecule has 0 amide bonds. The highest BCUT2D eigenvalue weighted by atomic mass is 35.5. The fourth-order valence-electron chi connectivity index (χ4n) is 2.60. The largest absolute Gasteiger partial charge is 0.383 e. The average molecular weight is 375 g/mol. The first kappa shape index (κ1) is 18.0. The molecule has 0 aliphatic heterocycles. The van der Waals surface area contributed by atoms with E-state index in [-0.39, 0.29) is 11.0 Å². The molecule has 0 spiro atoms. The molecular weight excluding hydrogens is 356 g/mol. The molecule has 130 valence electrons. The van der Waals surface area contributed by atoms with Crippen LogP contribution in [0.2, 0.25) is 5.02 Å². The second-order valence-corrected chi connectivity index (χ2v) is 7.40. The topological polar surface area (TPSA) is 44.1 Å². The second kappa shape index (κ2) is 8.04. The predicted octanol–water partition coefficient (Wildman–Crippen LogP) is 4.70. The number of ketones is 1. The molecule has 3 aromatic rings. The van der Waals surface area contributed by atoms with Gasteiger partial charge in [0.15, 0.2) is 10.9 Å². The Labute approximate surface area is 156 Å². The summed E-state index contributed by atoms with van der Waals surface area (Å²) in [6, 6.07) is 15.0. The van der Waals surface area contributed by atoms with Crippen molar-refractivity contribution in [3.63, 3.8) is 0 Å². The average Bonchev–Trinajstić information content (AvgIpc) is 2.97. The van der Waals surface area contributed by atoms with Crippen molar-refractivity contribution in [1.82, 2.24) is 9.55 Å². The monoisotopic (exact) mass is 374 g/mol. The molecule has 0 saturated carbocycles. The number of thioether (sulfide) groups is 1. The van der Waals surface area contributed by atoms with Crippen molar-refractivity contribution in [1.29, 1.82) is 0 Å². The zero-order valence-corrected chi connectivity index (χ0v) is 15.7. The Bertz CT molecular complexity index is 877. The Kier molecular flexibility index (Phi) is 5.78. The van der Waals surface area contributed by atoms with Gasteiger partial charge < -0.3 is 9.30 Å². The van der Waals surface area contributed by atoms with E-state index >= 15 is 0 Å². The number of Topliss-reactive ketones (excluding diaryl/α,β-unsaturated/α-hetero) is 1. The number of fused-ring (bicyclic) bond motifs is 1. The number of hydrogen-bond donors (Lipinski definition) is 0. The van der Waals surface area contributed by atoms with Crippen molar-refractivity contribution in [2.45, 2.75) is 23.9 Å². The lowest BCUT2D eigenvalue weighted by molar-refractivity contribution is 0.0994. The molecule has 0 aliphatic carbocycles. The highest BCUT2D eigenvalue weighted by molar-refractivity contribution is 8.00. The number of carbonyl (C=O) groups excluding carboxylic acids is 1. The van der Waals surface area contributed by atoms with E-state index < -0.39 is 0 Å². The van der Waals surface area contributed by atoms with Crippen LogP contribution in [0.1, 0.15) is 17.3 Å². The van der Waals surface area contributed by atoms with Crippen molar-refractivity contribution in [3.05, 3.63) is 59.1 Å². The highest BCUT2D eigenvalue weighted by Crippen LogP contribution is 2.29. The number of para-hydroxylation sites is 2. The van der Waals surface area contributed by atoms with Crippen LogP contribution in [0.15, 0.2) is 53.7 Å². The van der Waals surface area contributed by atoms with Crippen LogP contribution in [0.4, 0.5) is 0 Å². The molecule has 4 nitrogen and oxygen atoms in total. The number of hydrogen-bond acceptors (Lipinski definition) is 4. The van der Waals surface area contributed by atoms with Crippen LogP contribution in [-0.4, -0.2) is 34.3 Å². The van der Waals surface area contributed by atoms with Crippen molar-refractivity contribution in [2.24, 2.45) is 0 Å². The van der Waals surface area contributed by atoms with Gasteiger partial charge in [-0.05, 0) is 43.3 Å². The molecule has 1 unspecified atom stereocenters. The second-order valence-electron chi connectivity index (χ2n) is 5.66. The van der Waals surface area contributed by atoms with Gasteiger partial charge in [-0.25, -0.2) is 4.98 Å². The summed E-state index contributed by atoms with van der Waals surface area (Å²) < 4.78 is 7.32. The fourth-order valence-corrected chi connectivity index (χ4v) is 3.76. The minimum atomic E-state index is -0.251.